The van der Waals surface area contributed by atoms with Crippen molar-refractivity contribution in [2.45, 2.75) is 118 Å². The van der Waals surface area contributed by atoms with Crippen LogP contribution in [0.4, 0.5) is 4.79 Å². The van der Waals surface area contributed by atoms with Gasteiger partial charge in [-0.05, 0) is 118 Å². The molecule has 3 saturated carbocycles. The number of hydrogen-bond acceptors (Lipinski definition) is 3. The summed E-state index contributed by atoms with van der Waals surface area (Å²) < 4.78 is 5.88. The fraction of sp³-hybridized carbons (Fsp3) is 0.912. The summed E-state index contributed by atoms with van der Waals surface area (Å²) in [4.78, 5) is 14.4. The molecule has 0 aromatic rings. The maximum absolute atomic E-state index is 12.4. The Kier molecular flexibility index (Phi) is 11.3. The molecule has 0 spiro atoms. The molecular formula is C34H61ClN2O2. The fourth-order valence-electron chi connectivity index (χ4n) is 9.97. The van der Waals surface area contributed by atoms with Crippen LogP contribution in [-0.2, 0) is 4.74 Å². The van der Waals surface area contributed by atoms with Gasteiger partial charge in [0.25, 0.3) is 0 Å². The van der Waals surface area contributed by atoms with Crippen LogP contribution < -0.4 is 5.32 Å². The van der Waals surface area contributed by atoms with Gasteiger partial charge in [-0.3, -0.25) is 0 Å². The summed E-state index contributed by atoms with van der Waals surface area (Å²) in [6.07, 6.45) is 16.7. The molecule has 0 radical (unpaired) electrons. The van der Waals surface area contributed by atoms with E-state index in [1.165, 1.54) is 57.8 Å². The summed E-state index contributed by atoms with van der Waals surface area (Å²) in [5.74, 6) is 6.04. The highest BCUT2D eigenvalue weighted by molar-refractivity contribution is 5.85. The summed E-state index contributed by atoms with van der Waals surface area (Å²) in [6.45, 7) is 16.5. The first-order valence-electron chi connectivity index (χ1n) is 16.3. The second-order valence-corrected chi connectivity index (χ2v) is 15.0. The molecule has 0 aliphatic heterocycles. The molecule has 39 heavy (non-hydrogen) atoms. The first-order valence-corrected chi connectivity index (χ1v) is 16.3. The van der Waals surface area contributed by atoms with Gasteiger partial charge >= 0.3 is 6.09 Å². The van der Waals surface area contributed by atoms with Gasteiger partial charge < -0.3 is 15.0 Å². The molecule has 226 valence electrons. The zero-order valence-corrected chi connectivity index (χ0v) is 27.4. The average molecular weight is 565 g/mol. The van der Waals surface area contributed by atoms with Crippen LogP contribution in [0.15, 0.2) is 11.6 Å². The Morgan fingerprint density at radius 3 is 2.49 bits per heavy atom. The molecule has 1 amide bonds. The number of carbonyl (C=O) groups is 1. The van der Waals surface area contributed by atoms with Crippen molar-refractivity contribution in [3.05, 3.63) is 11.6 Å². The van der Waals surface area contributed by atoms with Crippen molar-refractivity contribution < 1.29 is 9.53 Å². The second kappa shape index (κ2) is 13.5. The van der Waals surface area contributed by atoms with Crippen molar-refractivity contribution in [3.8, 4) is 0 Å². The molecular weight excluding hydrogens is 504 g/mol. The Balaban J connectivity index is 0.00000420. The van der Waals surface area contributed by atoms with E-state index in [-0.39, 0.29) is 24.6 Å². The molecule has 9 atom stereocenters. The second-order valence-electron chi connectivity index (χ2n) is 15.0. The van der Waals surface area contributed by atoms with Crippen LogP contribution in [0.2, 0.25) is 0 Å². The standard InChI is InChI=1S/C34H60N2O2.ClH/c1-9-25(23(2)3)11-10-24(4)29-14-15-30-28-13-12-26-22-27(38-32(37)35-20-21-36(7)8)16-18-33(26,5)31(28)17-19-34(29,30)6;/h12,23-25,27-31H,9-11,13-22H2,1-8H3,(H,35,37);1H/t24-,25-,27?,28?,29?,30?,31?,33?,34?;/m1./s1. The molecule has 0 heterocycles. The molecule has 4 aliphatic rings. The molecule has 0 aromatic carbocycles. The van der Waals surface area contributed by atoms with E-state index >= 15 is 0 Å². The molecule has 1 N–H and O–H groups in total. The van der Waals surface area contributed by atoms with E-state index in [2.05, 4.69) is 57.8 Å². The molecule has 5 heteroatoms. The lowest BCUT2D eigenvalue weighted by Crippen LogP contribution is -2.51. The molecule has 0 aromatic heterocycles. The highest BCUT2D eigenvalue weighted by atomic mass is 35.5. The minimum Gasteiger partial charge on any atom is -0.446 e. The number of halogens is 1. The van der Waals surface area contributed by atoms with Crippen molar-refractivity contribution in [3.63, 3.8) is 0 Å². The predicted molar refractivity (Wildman–Crippen MR) is 166 cm³/mol. The van der Waals surface area contributed by atoms with Crippen LogP contribution in [0.25, 0.3) is 0 Å². The number of nitrogens with zero attached hydrogens (tertiary/aromatic N) is 1. The lowest BCUT2D eigenvalue weighted by molar-refractivity contribution is -0.0583. The number of carbonyl (C=O) groups excluding carboxylic acids is 1. The van der Waals surface area contributed by atoms with Gasteiger partial charge in [0.2, 0.25) is 0 Å². The van der Waals surface area contributed by atoms with E-state index < -0.39 is 0 Å². The van der Waals surface area contributed by atoms with E-state index in [0.29, 0.717) is 17.4 Å². The number of alkyl carbamates (subject to hydrolysis) is 1. The third kappa shape index (κ3) is 6.85. The first kappa shape index (κ1) is 32.8. The van der Waals surface area contributed by atoms with Crippen molar-refractivity contribution in [2.75, 3.05) is 27.2 Å². The number of likely N-dealkylation sites (N-methyl/N-ethyl adjacent to an activating group) is 1. The Labute approximate surface area is 247 Å². The number of nitrogens with one attached hydrogen (secondary N) is 1. The Hall–Kier alpha value is -0.740. The maximum Gasteiger partial charge on any atom is 0.407 e. The monoisotopic (exact) mass is 564 g/mol. The Morgan fingerprint density at radius 2 is 1.82 bits per heavy atom. The van der Waals surface area contributed by atoms with E-state index in [9.17, 15) is 4.79 Å². The lowest BCUT2D eigenvalue weighted by Gasteiger charge is -2.58. The first-order chi connectivity index (χ1) is 18.0. The largest absolute Gasteiger partial charge is 0.446 e. The van der Waals surface area contributed by atoms with Crippen LogP contribution in [0.3, 0.4) is 0 Å². The van der Waals surface area contributed by atoms with Crippen LogP contribution in [-0.4, -0.2) is 44.3 Å². The van der Waals surface area contributed by atoms with E-state index in [0.717, 1.165) is 60.8 Å². The molecule has 7 unspecified atom stereocenters. The third-order valence-electron chi connectivity index (χ3n) is 12.4. The minimum absolute atomic E-state index is 0. The number of ether oxygens (including phenoxy) is 1. The van der Waals surface area contributed by atoms with Crippen molar-refractivity contribution in [1.82, 2.24) is 10.2 Å². The van der Waals surface area contributed by atoms with Crippen LogP contribution in [0, 0.1) is 52.3 Å². The summed E-state index contributed by atoms with van der Waals surface area (Å²) in [5, 5.41) is 2.93. The zero-order chi connectivity index (χ0) is 27.7. The Bertz CT molecular complexity index is 843. The summed E-state index contributed by atoms with van der Waals surface area (Å²) in [7, 11) is 4.04. The van der Waals surface area contributed by atoms with Crippen LogP contribution >= 0.6 is 12.4 Å². The molecule has 3 fully saturated rings. The number of hydrogen-bond donors (Lipinski definition) is 1. The minimum atomic E-state index is -0.243. The van der Waals surface area contributed by atoms with Gasteiger partial charge in [-0.1, -0.05) is 66.0 Å². The predicted octanol–water partition coefficient (Wildman–Crippen LogP) is 8.74. The average Bonchev–Trinajstić information content (AvgIpc) is 3.21. The highest BCUT2D eigenvalue weighted by Gasteiger charge is 2.59. The highest BCUT2D eigenvalue weighted by Crippen LogP contribution is 2.67. The third-order valence-corrected chi connectivity index (χ3v) is 12.4. The number of rotatable bonds is 10. The maximum atomic E-state index is 12.4. The van der Waals surface area contributed by atoms with Gasteiger partial charge in [-0.15, -0.1) is 12.4 Å². The lowest BCUT2D eigenvalue weighted by atomic mass is 9.47. The fourth-order valence-corrected chi connectivity index (χ4v) is 9.97. The number of amides is 1. The smallest absolute Gasteiger partial charge is 0.407 e. The van der Waals surface area contributed by atoms with Gasteiger partial charge in [-0.25, -0.2) is 4.79 Å². The van der Waals surface area contributed by atoms with E-state index in [4.69, 9.17) is 4.74 Å². The summed E-state index contributed by atoms with van der Waals surface area (Å²) in [5.41, 5.74) is 2.44. The molecule has 0 bridgehead atoms. The SMILES string of the molecule is CC[C@H](CC[C@@H](C)C1CCC2C3CC=C4CC(OC(=O)NCCN(C)C)CCC4(C)C3CCC21C)C(C)C.Cl. The van der Waals surface area contributed by atoms with E-state index in [1.54, 1.807) is 5.57 Å². The quantitative estimate of drug-likeness (QED) is 0.270. The van der Waals surface area contributed by atoms with Crippen LogP contribution in [0.5, 0.6) is 0 Å². The van der Waals surface area contributed by atoms with Crippen molar-refractivity contribution >= 4 is 18.5 Å². The summed E-state index contributed by atoms with van der Waals surface area (Å²) in [6, 6.07) is 0. The molecule has 4 nitrogen and oxygen atoms in total. The van der Waals surface area contributed by atoms with E-state index in [1.807, 2.05) is 14.1 Å². The van der Waals surface area contributed by atoms with Gasteiger partial charge in [0, 0.05) is 19.5 Å². The van der Waals surface area contributed by atoms with Gasteiger partial charge in [0.05, 0.1) is 0 Å². The molecule has 4 aliphatic carbocycles. The van der Waals surface area contributed by atoms with Crippen molar-refractivity contribution in [1.29, 1.82) is 0 Å². The molecule has 0 saturated heterocycles. The topological polar surface area (TPSA) is 41.6 Å². The van der Waals surface area contributed by atoms with Gasteiger partial charge in [0.1, 0.15) is 6.10 Å². The number of fused-ring (bicyclic) bond motifs is 5. The number of allylic oxidation sites excluding steroid dienone is 1. The summed E-state index contributed by atoms with van der Waals surface area (Å²) >= 11 is 0. The van der Waals surface area contributed by atoms with Gasteiger partial charge in [-0.2, -0.15) is 0 Å². The van der Waals surface area contributed by atoms with Gasteiger partial charge in [0.15, 0.2) is 0 Å². The normalized spacial score (nSPS) is 37.2. The Morgan fingerprint density at radius 1 is 1.08 bits per heavy atom. The zero-order valence-electron chi connectivity index (χ0n) is 26.6. The molecule has 4 rings (SSSR count). The van der Waals surface area contributed by atoms with Crippen LogP contribution in [0.1, 0.15) is 112 Å². The van der Waals surface area contributed by atoms with Crippen molar-refractivity contribution in [2.24, 2.45) is 52.3 Å².